The molecule has 94 valence electrons. The molecule has 0 saturated carbocycles. The van der Waals surface area contributed by atoms with Crippen LogP contribution in [0.5, 0.6) is 0 Å². The van der Waals surface area contributed by atoms with Crippen LogP contribution in [-0.4, -0.2) is 33.0 Å². The quantitative estimate of drug-likeness (QED) is 0.851. The summed E-state index contributed by atoms with van der Waals surface area (Å²) >= 11 is 0. The van der Waals surface area contributed by atoms with Crippen molar-refractivity contribution in [1.82, 2.24) is 9.88 Å². The second-order valence-electron chi connectivity index (χ2n) is 5.06. The molecule has 0 unspecified atom stereocenters. The zero-order valence-corrected chi connectivity index (χ0v) is 10.7. The van der Waals surface area contributed by atoms with E-state index in [-0.39, 0.29) is 12.0 Å². The summed E-state index contributed by atoms with van der Waals surface area (Å²) in [7, 11) is 0. The van der Waals surface area contributed by atoms with Crippen LogP contribution in [0.25, 0.3) is 0 Å². The molecule has 0 aromatic carbocycles. The molecule has 4 heteroatoms. The van der Waals surface area contributed by atoms with Crippen LogP contribution >= 0.6 is 0 Å². The second kappa shape index (κ2) is 5.77. The summed E-state index contributed by atoms with van der Waals surface area (Å²) in [6, 6.07) is 5.78. The van der Waals surface area contributed by atoms with Crippen molar-refractivity contribution >= 4 is 5.97 Å². The minimum Gasteiger partial charge on any atom is -0.481 e. The third-order valence-electron chi connectivity index (χ3n) is 2.62. The fourth-order valence-corrected chi connectivity index (χ4v) is 1.57. The zero-order chi connectivity index (χ0) is 12.9. The Kier molecular flexibility index (Phi) is 4.63. The summed E-state index contributed by atoms with van der Waals surface area (Å²) in [6.45, 7) is 7.46. The van der Waals surface area contributed by atoms with Gasteiger partial charge in [0.2, 0.25) is 0 Å². The summed E-state index contributed by atoms with van der Waals surface area (Å²) in [5.41, 5.74) is 0.903. The highest BCUT2D eigenvalue weighted by atomic mass is 16.4. The van der Waals surface area contributed by atoms with E-state index in [1.165, 1.54) is 0 Å². The monoisotopic (exact) mass is 236 g/mol. The van der Waals surface area contributed by atoms with E-state index in [2.05, 4.69) is 30.7 Å². The van der Waals surface area contributed by atoms with Crippen molar-refractivity contribution in [3.63, 3.8) is 0 Å². The number of nitrogens with zero attached hydrogens (tertiary/aromatic N) is 2. The van der Waals surface area contributed by atoms with Gasteiger partial charge in [0.15, 0.2) is 0 Å². The van der Waals surface area contributed by atoms with Crippen molar-refractivity contribution in [1.29, 1.82) is 0 Å². The van der Waals surface area contributed by atoms with Crippen LogP contribution in [0.4, 0.5) is 0 Å². The number of rotatable bonds is 5. The lowest BCUT2D eigenvalue weighted by Crippen LogP contribution is -2.42. The molecule has 0 amide bonds. The van der Waals surface area contributed by atoms with E-state index in [0.29, 0.717) is 13.1 Å². The van der Waals surface area contributed by atoms with Gasteiger partial charge in [0, 0.05) is 24.8 Å². The maximum atomic E-state index is 10.6. The summed E-state index contributed by atoms with van der Waals surface area (Å²) in [6.07, 6.45) is 1.91. The molecule has 0 bridgehead atoms. The predicted molar refractivity (Wildman–Crippen MR) is 66.7 cm³/mol. The molecule has 0 saturated heterocycles. The average Bonchev–Trinajstić information content (AvgIpc) is 2.23. The van der Waals surface area contributed by atoms with Gasteiger partial charge in [0.1, 0.15) is 0 Å². The number of aliphatic carboxylic acids is 1. The van der Waals surface area contributed by atoms with E-state index in [9.17, 15) is 4.79 Å². The first-order valence-corrected chi connectivity index (χ1v) is 5.76. The number of aromatic nitrogens is 1. The summed E-state index contributed by atoms with van der Waals surface area (Å²) < 4.78 is 0. The van der Waals surface area contributed by atoms with E-state index in [1.807, 2.05) is 18.2 Å². The highest BCUT2D eigenvalue weighted by Gasteiger charge is 2.22. The zero-order valence-electron chi connectivity index (χ0n) is 10.7. The fraction of sp³-hybridized carbons (Fsp3) is 0.538. The SMILES string of the molecule is CC(C)(C)N(CCC(=O)O)Cc1ccccn1. The lowest BCUT2D eigenvalue weighted by atomic mass is 10.1. The molecule has 0 radical (unpaired) electrons. The third-order valence-corrected chi connectivity index (χ3v) is 2.62. The van der Waals surface area contributed by atoms with E-state index in [0.717, 1.165) is 5.69 Å². The molecule has 0 aliphatic heterocycles. The van der Waals surface area contributed by atoms with Gasteiger partial charge in [0.25, 0.3) is 0 Å². The van der Waals surface area contributed by atoms with Crippen LogP contribution in [0.1, 0.15) is 32.9 Å². The molecule has 1 N–H and O–H groups in total. The Morgan fingerprint density at radius 3 is 2.59 bits per heavy atom. The maximum absolute atomic E-state index is 10.6. The van der Waals surface area contributed by atoms with Crippen molar-refractivity contribution in [2.75, 3.05) is 6.54 Å². The van der Waals surface area contributed by atoms with Gasteiger partial charge in [-0.15, -0.1) is 0 Å². The number of hydrogen-bond donors (Lipinski definition) is 1. The van der Waals surface area contributed by atoms with E-state index in [1.54, 1.807) is 6.20 Å². The van der Waals surface area contributed by atoms with Crippen molar-refractivity contribution in [2.24, 2.45) is 0 Å². The van der Waals surface area contributed by atoms with Crippen LogP contribution in [0.2, 0.25) is 0 Å². The minimum absolute atomic E-state index is 0.0625. The van der Waals surface area contributed by atoms with Crippen molar-refractivity contribution < 1.29 is 9.90 Å². The van der Waals surface area contributed by atoms with Crippen molar-refractivity contribution in [3.05, 3.63) is 30.1 Å². The number of hydrogen-bond acceptors (Lipinski definition) is 3. The Labute approximate surface area is 102 Å². The number of carbonyl (C=O) groups is 1. The van der Waals surface area contributed by atoms with Gasteiger partial charge in [-0.2, -0.15) is 0 Å². The standard InChI is InChI=1S/C13H20N2O2/c1-13(2,3)15(9-7-12(16)17)10-11-6-4-5-8-14-11/h4-6,8H,7,9-10H2,1-3H3,(H,16,17). The molecule has 0 aliphatic rings. The van der Waals surface area contributed by atoms with E-state index in [4.69, 9.17) is 5.11 Å². The Hall–Kier alpha value is -1.42. The minimum atomic E-state index is -0.764. The van der Waals surface area contributed by atoms with Gasteiger partial charge in [-0.05, 0) is 32.9 Å². The number of carboxylic acids is 1. The highest BCUT2D eigenvalue weighted by Crippen LogP contribution is 2.16. The number of pyridine rings is 1. The molecule has 0 spiro atoms. The third kappa shape index (κ3) is 4.95. The molecule has 0 aliphatic carbocycles. The first-order chi connectivity index (χ1) is 7.89. The summed E-state index contributed by atoms with van der Waals surface area (Å²) in [4.78, 5) is 17.0. The van der Waals surface area contributed by atoms with E-state index < -0.39 is 5.97 Å². The normalized spacial score (nSPS) is 11.8. The topological polar surface area (TPSA) is 53.4 Å². The first kappa shape index (κ1) is 13.6. The van der Waals surface area contributed by atoms with Gasteiger partial charge < -0.3 is 5.11 Å². The molecule has 0 fully saturated rings. The van der Waals surface area contributed by atoms with Crippen LogP contribution in [0.15, 0.2) is 24.4 Å². The Morgan fingerprint density at radius 1 is 1.41 bits per heavy atom. The van der Waals surface area contributed by atoms with Gasteiger partial charge in [-0.25, -0.2) is 0 Å². The molecule has 1 rings (SSSR count). The summed E-state index contributed by atoms with van der Waals surface area (Å²) in [5.74, 6) is -0.764. The molecule has 1 heterocycles. The van der Waals surface area contributed by atoms with Gasteiger partial charge in [0.05, 0.1) is 12.1 Å². The Balaban J connectivity index is 2.68. The van der Waals surface area contributed by atoms with Crippen LogP contribution in [0.3, 0.4) is 0 Å². The molecule has 4 nitrogen and oxygen atoms in total. The Bertz CT molecular complexity index is 357. The van der Waals surface area contributed by atoms with Crippen molar-refractivity contribution in [3.8, 4) is 0 Å². The number of carboxylic acid groups (broad SMARTS) is 1. The molecule has 1 aromatic heterocycles. The smallest absolute Gasteiger partial charge is 0.304 e. The van der Waals surface area contributed by atoms with E-state index >= 15 is 0 Å². The average molecular weight is 236 g/mol. The second-order valence-corrected chi connectivity index (χ2v) is 5.06. The van der Waals surface area contributed by atoms with Crippen LogP contribution < -0.4 is 0 Å². The molecule has 0 atom stereocenters. The first-order valence-electron chi connectivity index (χ1n) is 5.76. The lowest BCUT2D eigenvalue weighted by Gasteiger charge is -2.35. The van der Waals surface area contributed by atoms with Crippen LogP contribution in [-0.2, 0) is 11.3 Å². The van der Waals surface area contributed by atoms with Gasteiger partial charge in [-0.1, -0.05) is 6.07 Å². The molecular formula is C13H20N2O2. The largest absolute Gasteiger partial charge is 0.481 e. The lowest BCUT2D eigenvalue weighted by molar-refractivity contribution is -0.137. The van der Waals surface area contributed by atoms with Gasteiger partial charge in [-0.3, -0.25) is 14.7 Å². The molecular weight excluding hydrogens is 216 g/mol. The fourth-order valence-electron chi connectivity index (χ4n) is 1.57. The Morgan fingerprint density at radius 2 is 2.12 bits per heavy atom. The summed E-state index contributed by atoms with van der Waals surface area (Å²) in [5, 5.41) is 8.75. The molecule has 17 heavy (non-hydrogen) atoms. The maximum Gasteiger partial charge on any atom is 0.304 e. The molecule has 1 aromatic rings. The van der Waals surface area contributed by atoms with Crippen molar-refractivity contribution in [2.45, 2.75) is 39.3 Å². The van der Waals surface area contributed by atoms with Crippen LogP contribution in [0, 0.1) is 0 Å². The predicted octanol–water partition coefficient (Wildman–Crippen LogP) is 2.16. The van der Waals surface area contributed by atoms with Gasteiger partial charge >= 0.3 is 5.97 Å². The highest BCUT2D eigenvalue weighted by molar-refractivity contribution is 5.66.